The molecule has 17 rings (SSSR count). The van der Waals surface area contributed by atoms with Crippen LogP contribution < -0.4 is 30.1 Å². The van der Waals surface area contributed by atoms with Crippen molar-refractivity contribution in [2.24, 2.45) is 0 Å². The van der Waals surface area contributed by atoms with E-state index in [2.05, 4.69) is 0 Å². The van der Waals surface area contributed by atoms with Gasteiger partial charge in [0.1, 0.15) is 57.3 Å². The number of pyridine rings is 2. The highest BCUT2D eigenvalue weighted by Gasteiger charge is 2.33. The molecule has 78 heavy (non-hydrogen) atoms. The quantitative estimate of drug-likeness (QED) is 0.109. The smallest absolute Gasteiger partial charge is 0.264 e. The van der Waals surface area contributed by atoms with Gasteiger partial charge in [0.25, 0.3) is 11.1 Å². The Morgan fingerprint density at radius 3 is 0.923 bits per heavy atom. The lowest BCUT2D eigenvalue weighted by atomic mass is 9.84. The van der Waals surface area contributed by atoms with E-state index in [1.807, 2.05) is 218 Å². The maximum absolute atomic E-state index is 16.0. The lowest BCUT2D eigenvalue weighted by Gasteiger charge is -2.26. The minimum Gasteiger partial charge on any atom is -0.457 e. The first-order valence-electron chi connectivity index (χ1n) is 25.7. The van der Waals surface area contributed by atoms with E-state index < -0.39 is 0 Å². The summed E-state index contributed by atoms with van der Waals surface area (Å²) < 4.78 is 32.4. The average molecular weight is 1010 g/mol. The number of ether oxygens (including phenoxy) is 4. The number of aromatic nitrogens is 4. The SMILES string of the molecule is O=c1c2cc(Oc3ccccc3)c3c4c(Oc5ccccc5)cc5c6c(cc(Oc7ccccc7)c(c7c(Oc8ccccc8)cc(c2c37)c2nc3cccc7cccc(c73)n12)c46)c(=O)n1c2cccc3cccc(nc51)c32. The van der Waals surface area contributed by atoms with E-state index in [1.165, 1.54) is 0 Å². The van der Waals surface area contributed by atoms with Crippen LogP contribution in [0.2, 0.25) is 0 Å². The van der Waals surface area contributed by atoms with Gasteiger partial charge < -0.3 is 18.9 Å². The average Bonchev–Trinajstić information content (AvgIpc) is 3.58. The summed E-state index contributed by atoms with van der Waals surface area (Å²) >= 11 is 0. The first kappa shape index (κ1) is 42.5. The van der Waals surface area contributed by atoms with Crippen LogP contribution in [0.3, 0.4) is 0 Å². The van der Waals surface area contributed by atoms with Crippen molar-refractivity contribution in [2.75, 3.05) is 0 Å². The summed E-state index contributed by atoms with van der Waals surface area (Å²) in [6.45, 7) is 0. The highest BCUT2D eigenvalue weighted by Crippen LogP contribution is 2.57. The predicted octanol–water partition coefficient (Wildman–Crippen LogP) is 16.7. The molecule has 0 aliphatic rings. The largest absolute Gasteiger partial charge is 0.457 e. The Morgan fingerprint density at radius 2 is 0.590 bits per heavy atom. The second-order valence-electron chi connectivity index (χ2n) is 19.8. The highest BCUT2D eigenvalue weighted by atomic mass is 16.5. The molecule has 0 spiro atoms. The zero-order valence-corrected chi connectivity index (χ0v) is 41.0. The van der Waals surface area contributed by atoms with Crippen molar-refractivity contribution in [1.29, 1.82) is 0 Å². The number of nitrogens with zero attached hydrogens (tertiary/aromatic N) is 4. The van der Waals surface area contributed by atoms with Gasteiger partial charge in [0, 0.05) is 64.6 Å². The van der Waals surface area contributed by atoms with E-state index in [9.17, 15) is 0 Å². The van der Waals surface area contributed by atoms with Crippen LogP contribution in [-0.4, -0.2) is 18.8 Å². The van der Waals surface area contributed by atoms with Crippen molar-refractivity contribution >= 4 is 120 Å². The van der Waals surface area contributed by atoms with Gasteiger partial charge in [0.15, 0.2) is 0 Å². The Kier molecular flexibility index (Phi) is 8.63. The third-order valence-corrected chi connectivity index (χ3v) is 15.5. The van der Waals surface area contributed by atoms with E-state index in [4.69, 9.17) is 28.9 Å². The number of hydrogen-bond donors (Lipinski definition) is 0. The molecule has 0 unspecified atom stereocenters. The van der Waals surface area contributed by atoms with E-state index >= 15 is 9.59 Å². The van der Waals surface area contributed by atoms with Crippen molar-refractivity contribution < 1.29 is 18.9 Å². The monoisotopic (exact) mass is 1000 g/mol. The third kappa shape index (κ3) is 5.90. The summed E-state index contributed by atoms with van der Waals surface area (Å²) in [5.74, 6) is 3.91. The van der Waals surface area contributed by atoms with Gasteiger partial charge in [0.05, 0.1) is 32.8 Å². The molecule has 0 amide bonds. The fourth-order valence-corrected chi connectivity index (χ4v) is 12.4. The van der Waals surface area contributed by atoms with Crippen LogP contribution in [0.15, 0.2) is 228 Å². The molecule has 4 heterocycles. The normalized spacial score (nSPS) is 12.2. The summed E-state index contributed by atoms with van der Waals surface area (Å²) in [6, 6.07) is 70.2. The van der Waals surface area contributed by atoms with Gasteiger partial charge in [-0.15, -0.1) is 0 Å². The van der Waals surface area contributed by atoms with Crippen molar-refractivity contribution in [3.8, 4) is 46.0 Å². The van der Waals surface area contributed by atoms with Gasteiger partial charge >= 0.3 is 0 Å². The second-order valence-corrected chi connectivity index (χ2v) is 19.8. The van der Waals surface area contributed by atoms with E-state index in [0.717, 1.165) is 43.6 Å². The zero-order valence-electron chi connectivity index (χ0n) is 41.0. The molecule has 0 saturated heterocycles. The van der Waals surface area contributed by atoms with E-state index in [1.54, 1.807) is 8.80 Å². The van der Waals surface area contributed by atoms with E-state index in [-0.39, 0.29) is 11.1 Å². The molecule has 10 heteroatoms. The van der Waals surface area contributed by atoms with Crippen LogP contribution in [-0.2, 0) is 0 Å². The first-order valence-corrected chi connectivity index (χ1v) is 25.7. The summed E-state index contributed by atoms with van der Waals surface area (Å²) in [7, 11) is 0. The van der Waals surface area contributed by atoms with Crippen molar-refractivity contribution in [3.63, 3.8) is 0 Å². The van der Waals surface area contributed by atoms with Gasteiger partial charge in [-0.3, -0.25) is 18.4 Å². The molecule has 17 aromatic rings. The number of benzene rings is 13. The maximum atomic E-state index is 16.0. The van der Waals surface area contributed by atoms with Crippen LogP contribution in [0, 0.1) is 0 Å². The standard InChI is InChI=1S/C68H36N4O6/c73-67-45-36-54(78-42-27-11-4-12-28-42)62-60-52(76-40-23-7-2-8-24-40)34-44-58-46(68(74)72-50-32-16-20-38-18-14-30-48(56(38)50)70-66(44)72)35-53(77-41-25-9-3-10-26-41)61(64(58)60)59-51(75-39-21-5-1-6-22-39)33-43(57(45)63(59)62)65-69-47-29-13-17-37-19-15-31-49(55(37)47)71(65)67/h1-36H. The number of fused-ring (bicyclic) bond motifs is 8. The van der Waals surface area contributed by atoms with Crippen molar-refractivity contribution in [3.05, 3.63) is 239 Å². The summed E-state index contributed by atoms with van der Waals surface area (Å²) in [5, 5.41) is 10.9. The fourth-order valence-electron chi connectivity index (χ4n) is 12.4. The van der Waals surface area contributed by atoms with E-state index in [0.29, 0.717) is 122 Å². The summed E-state index contributed by atoms with van der Waals surface area (Å²) in [6.07, 6.45) is 0. The van der Waals surface area contributed by atoms with Crippen LogP contribution >= 0.6 is 0 Å². The number of rotatable bonds is 8. The molecule has 364 valence electrons. The van der Waals surface area contributed by atoms with Crippen LogP contribution in [0.5, 0.6) is 46.0 Å². The molecule has 0 fully saturated rings. The molecule has 0 saturated carbocycles. The van der Waals surface area contributed by atoms with Gasteiger partial charge in [-0.2, -0.15) is 0 Å². The zero-order chi connectivity index (χ0) is 51.3. The first-order chi connectivity index (χ1) is 38.5. The fraction of sp³-hybridized carbons (Fsp3) is 0. The minimum absolute atomic E-state index is 0.274. The molecule has 0 N–H and O–H groups in total. The maximum Gasteiger partial charge on any atom is 0.264 e. The number of para-hydroxylation sites is 4. The second kappa shape index (κ2) is 15.8. The molecule has 4 aromatic heterocycles. The molecule has 0 radical (unpaired) electrons. The van der Waals surface area contributed by atoms with Crippen LogP contribution in [0.1, 0.15) is 0 Å². The Hall–Kier alpha value is -10.8. The lowest BCUT2D eigenvalue weighted by Crippen LogP contribution is -2.18. The van der Waals surface area contributed by atoms with Gasteiger partial charge in [0.2, 0.25) is 0 Å². The Balaban J connectivity index is 1.18. The molecule has 10 nitrogen and oxygen atoms in total. The minimum atomic E-state index is -0.274. The van der Waals surface area contributed by atoms with Crippen LogP contribution in [0.25, 0.3) is 120 Å². The Bertz CT molecular complexity index is 5110. The summed E-state index contributed by atoms with van der Waals surface area (Å²) in [5.41, 5.74) is 3.30. The van der Waals surface area contributed by atoms with Crippen molar-refractivity contribution in [2.45, 2.75) is 0 Å². The Labute approximate surface area is 440 Å². The van der Waals surface area contributed by atoms with Gasteiger partial charge in [-0.05, 0) is 108 Å². The molecular formula is C68H36N4O6. The molecule has 0 aliphatic heterocycles. The lowest BCUT2D eigenvalue weighted by molar-refractivity contribution is 0.483. The Morgan fingerprint density at radius 1 is 0.282 bits per heavy atom. The highest BCUT2D eigenvalue weighted by molar-refractivity contribution is 6.45. The molecular weight excluding hydrogens is 969 g/mol. The molecule has 0 atom stereocenters. The van der Waals surface area contributed by atoms with Crippen molar-refractivity contribution in [1.82, 2.24) is 18.8 Å². The summed E-state index contributed by atoms with van der Waals surface area (Å²) in [4.78, 5) is 42.7. The van der Waals surface area contributed by atoms with Crippen LogP contribution in [0.4, 0.5) is 0 Å². The van der Waals surface area contributed by atoms with Gasteiger partial charge in [-0.1, -0.05) is 121 Å². The number of hydrogen-bond acceptors (Lipinski definition) is 8. The third-order valence-electron chi connectivity index (χ3n) is 15.5. The molecule has 0 aliphatic carbocycles. The molecule has 13 aromatic carbocycles. The van der Waals surface area contributed by atoms with Gasteiger partial charge in [-0.25, -0.2) is 9.97 Å². The molecule has 0 bridgehead atoms. The topological polar surface area (TPSA) is 106 Å². The predicted molar refractivity (Wildman–Crippen MR) is 311 cm³/mol.